The van der Waals surface area contributed by atoms with E-state index in [0.29, 0.717) is 25.9 Å². The number of nitrogens with one attached hydrogen (secondary N) is 1. The zero-order valence-electron chi connectivity index (χ0n) is 18.3. The summed E-state index contributed by atoms with van der Waals surface area (Å²) >= 11 is 1.46. The van der Waals surface area contributed by atoms with Gasteiger partial charge in [0.25, 0.3) is 5.91 Å². The van der Waals surface area contributed by atoms with E-state index in [1.807, 2.05) is 33.2 Å². The maximum atomic E-state index is 13.0. The van der Waals surface area contributed by atoms with Crippen molar-refractivity contribution in [2.45, 2.75) is 65.3 Å². The van der Waals surface area contributed by atoms with Crippen LogP contribution in [-0.4, -0.2) is 39.6 Å². The molecular weight excluding hydrogens is 384 g/mol. The van der Waals surface area contributed by atoms with E-state index >= 15 is 0 Å². The molecule has 1 aliphatic rings. The average Bonchev–Trinajstić information content (AvgIpc) is 3.30. The number of carbonyl (C=O) groups is 2. The Labute approximate surface area is 177 Å². The Bertz CT molecular complexity index is 864. The molecule has 1 saturated heterocycles. The number of likely N-dealkylation sites (tertiary alicyclic amines) is 1. The molecule has 0 atom stereocenters. The van der Waals surface area contributed by atoms with Crippen molar-refractivity contribution in [3.63, 3.8) is 0 Å². The summed E-state index contributed by atoms with van der Waals surface area (Å²) < 4.78 is 1.90. The van der Waals surface area contributed by atoms with Crippen LogP contribution in [0.1, 0.15) is 69.7 Å². The Morgan fingerprint density at radius 1 is 1.14 bits per heavy atom. The molecule has 158 valence electrons. The molecule has 29 heavy (non-hydrogen) atoms. The largest absolute Gasteiger partial charge is 0.338 e. The SMILES string of the molecule is CC(C)(C)c1cc(NC(=O)C2CCN(C(=O)c3cccs3)CC2)n(C(C)(C)C)n1. The summed E-state index contributed by atoms with van der Waals surface area (Å²) in [6, 6.07) is 5.73. The molecule has 1 N–H and O–H groups in total. The highest BCUT2D eigenvalue weighted by molar-refractivity contribution is 7.12. The Balaban J connectivity index is 1.67. The number of amides is 2. The minimum atomic E-state index is -0.234. The standard InChI is InChI=1S/C22H32N4O2S/c1-21(2,3)17-14-18(26(24-17)22(4,5)6)23-19(27)15-9-11-25(12-10-15)20(28)16-8-7-13-29-16/h7-8,13-15H,9-12H2,1-6H3,(H,23,27). The lowest BCUT2D eigenvalue weighted by atomic mass is 9.92. The van der Waals surface area contributed by atoms with Crippen molar-refractivity contribution in [3.05, 3.63) is 34.2 Å². The number of piperidine rings is 1. The molecule has 2 aromatic heterocycles. The Morgan fingerprint density at radius 2 is 1.79 bits per heavy atom. The highest BCUT2D eigenvalue weighted by Crippen LogP contribution is 2.29. The first-order valence-corrected chi connectivity index (χ1v) is 11.1. The van der Waals surface area contributed by atoms with Crippen LogP contribution in [0.4, 0.5) is 5.82 Å². The Morgan fingerprint density at radius 3 is 2.31 bits per heavy atom. The van der Waals surface area contributed by atoms with Gasteiger partial charge in [-0.2, -0.15) is 5.10 Å². The third-order valence-corrected chi connectivity index (χ3v) is 6.11. The Hall–Kier alpha value is -2.15. The van der Waals surface area contributed by atoms with Gasteiger partial charge in [-0.25, -0.2) is 4.68 Å². The minimum Gasteiger partial charge on any atom is -0.338 e. The molecular formula is C22H32N4O2S. The number of anilines is 1. The topological polar surface area (TPSA) is 67.2 Å². The highest BCUT2D eigenvalue weighted by atomic mass is 32.1. The fourth-order valence-corrected chi connectivity index (χ4v) is 4.17. The summed E-state index contributed by atoms with van der Waals surface area (Å²) in [5, 5.41) is 9.79. The van der Waals surface area contributed by atoms with Gasteiger partial charge < -0.3 is 10.2 Å². The number of hydrogen-bond acceptors (Lipinski definition) is 4. The van der Waals surface area contributed by atoms with Crippen molar-refractivity contribution in [1.29, 1.82) is 0 Å². The average molecular weight is 417 g/mol. The molecule has 6 nitrogen and oxygen atoms in total. The molecule has 3 heterocycles. The zero-order chi connectivity index (χ0) is 21.4. The van der Waals surface area contributed by atoms with Crippen LogP contribution >= 0.6 is 11.3 Å². The first kappa shape index (κ1) is 21.6. The van der Waals surface area contributed by atoms with Crippen molar-refractivity contribution in [2.75, 3.05) is 18.4 Å². The van der Waals surface area contributed by atoms with Crippen LogP contribution in [0.3, 0.4) is 0 Å². The molecule has 1 fully saturated rings. The highest BCUT2D eigenvalue weighted by Gasteiger charge is 2.30. The molecule has 0 saturated carbocycles. The van der Waals surface area contributed by atoms with E-state index < -0.39 is 0 Å². The lowest BCUT2D eigenvalue weighted by Gasteiger charge is -2.31. The summed E-state index contributed by atoms with van der Waals surface area (Å²) in [7, 11) is 0. The quantitative estimate of drug-likeness (QED) is 0.802. The fraction of sp³-hybridized carbons (Fsp3) is 0.591. The van der Waals surface area contributed by atoms with Gasteiger partial charge in [0, 0.05) is 30.5 Å². The minimum absolute atomic E-state index is 0.0130. The molecule has 0 unspecified atom stereocenters. The number of hydrogen-bond donors (Lipinski definition) is 1. The van der Waals surface area contributed by atoms with Gasteiger partial charge in [-0.15, -0.1) is 11.3 Å². The predicted molar refractivity (Wildman–Crippen MR) is 117 cm³/mol. The number of nitrogens with zero attached hydrogens (tertiary/aromatic N) is 3. The van der Waals surface area contributed by atoms with E-state index in [1.54, 1.807) is 0 Å². The lowest BCUT2D eigenvalue weighted by Crippen LogP contribution is -2.41. The third kappa shape index (κ3) is 4.89. The Kier molecular flexibility index (Phi) is 5.90. The lowest BCUT2D eigenvalue weighted by molar-refractivity contribution is -0.121. The van der Waals surface area contributed by atoms with Crippen LogP contribution in [0.15, 0.2) is 23.6 Å². The monoisotopic (exact) mass is 416 g/mol. The van der Waals surface area contributed by atoms with Crippen LogP contribution in [-0.2, 0) is 15.7 Å². The van der Waals surface area contributed by atoms with Gasteiger partial charge in [0.05, 0.1) is 16.1 Å². The second-order valence-electron chi connectivity index (χ2n) is 9.78. The summed E-state index contributed by atoms with van der Waals surface area (Å²) in [6.07, 6.45) is 1.36. The van der Waals surface area contributed by atoms with Gasteiger partial charge in [-0.1, -0.05) is 26.8 Å². The van der Waals surface area contributed by atoms with E-state index in [1.165, 1.54) is 11.3 Å². The molecule has 2 amide bonds. The number of thiophene rings is 1. The molecule has 0 radical (unpaired) electrons. The number of carbonyl (C=O) groups excluding carboxylic acids is 2. The zero-order valence-corrected chi connectivity index (χ0v) is 19.1. The number of aromatic nitrogens is 2. The van der Waals surface area contributed by atoms with Gasteiger partial charge in [-0.05, 0) is 45.1 Å². The van der Waals surface area contributed by atoms with Crippen molar-refractivity contribution in [1.82, 2.24) is 14.7 Å². The van der Waals surface area contributed by atoms with Crippen molar-refractivity contribution < 1.29 is 9.59 Å². The second-order valence-corrected chi connectivity index (χ2v) is 10.7. The van der Waals surface area contributed by atoms with Crippen molar-refractivity contribution in [3.8, 4) is 0 Å². The fourth-order valence-electron chi connectivity index (χ4n) is 3.48. The van der Waals surface area contributed by atoms with Crippen LogP contribution in [0.2, 0.25) is 0 Å². The molecule has 0 aliphatic carbocycles. The maximum Gasteiger partial charge on any atom is 0.263 e. The maximum absolute atomic E-state index is 13.0. The van der Waals surface area contributed by atoms with E-state index in [4.69, 9.17) is 5.10 Å². The summed E-state index contributed by atoms with van der Waals surface area (Å²) in [5.74, 6) is 0.729. The van der Waals surface area contributed by atoms with Crippen LogP contribution in [0.25, 0.3) is 0 Å². The molecule has 3 rings (SSSR count). The molecule has 0 aromatic carbocycles. The van der Waals surface area contributed by atoms with Crippen molar-refractivity contribution >= 4 is 29.0 Å². The third-order valence-electron chi connectivity index (χ3n) is 5.25. The first-order chi connectivity index (χ1) is 13.5. The summed E-state index contributed by atoms with van der Waals surface area (Å²) in [6.45, 7) is 13.8. The van der Waals surface area contributed by atoms with E-state index in [-0.39, 0.29) is 28.7 Å². The first-order valence-electron chi connectivity index (χ1n) is 10.2. The van der Waals surface area contributed by atoms with E-state index in [0.717, 1.165) is 16.4 Å². The summed E-state index contributed by atoms with van der Waals surface area (Å²) in [5.41, 5.74) is 0.630. The molecule has 1 aliphatic heterocycles. The van der Waals surface area contributed by atoms with E-state index in [2.05, 4.69) is 46.9 Å². The normalized spacial score (nSPS) is 16.1. The van der Waals surface area contributed by atoms with Gasteiger partial charge in [-0.3, -0.25) is 9.59 Å². The molecule has 2 aromatic rings. The summed E-state index contributed by atoms with van der Waals surface area (Å²) in [4.78, 5) is 28.1. The van der Waals surface area contributed by atoms with Gasteiger partial charge in [0.1, 0.15) is 5.82 Å². The molecule has 0 bridgehead atoms. The molecule has 0 spiro atoms. The molecule has 7 heteroatoms. The number of rotatable bonds is 3. The predicted octanol–water partition coefficient (Wildman–Crippen LogP) is 4.49. The second kappa shape index (κ2) is 7.94. The van der Waals surface area contributed by atoms with Crippen molar-refractivity contribution in [2.24, 2.45) is 5.92 Å². The van der Waals surface area contributed by atoms with Gasteiger partial charge >= 0.3 is 0 Å². The van der Waals surface area contributed by atoms with Crippen LogP contribution in [0.5, 0.6) is 0 Å². The smallest absolute Gasteiger partial charge is 0.263 e. The van der Waals surface area contributed by atoms with Crippen LogP contribution < -0.4 is 5.32 Å². The van der Waals surface area contributed by atoms with Gasteiger partial charge in [0.2, 0.25) is 5.91 Å². The van der Waals surface area contributed by atoms with Crippen LogP contribution in [0, 0.1) is 5.92 Å². The van der Waals surface area contributed by atoms with Gasteiger partial charge in [0.15, 0.2) is 0 Å². The van der Waals surface area contributed by atoms with E-state index in [9.17, 15) is 9.59 Å².